The molecule has 3 aromatic carbocycles. The normalized spacial score (nSPS) is 14.6. The SMILES string of the molecule is Cc1ccc(-c2nc3ccccc3c(C(=O)N3CCN(C/C=C/c4ccccc4)CC3)c2C)cc1. The Balaban J connectivity index is 1.36. The Morgan fingerprint density at radius 3 is 2.29 bits per heavy atom. The van der Waals surface area contributed by atoms with Gasteiger partial charge in [-0.1, -0.05) is 90.5 Å². The Hall–Kier alpha value is -3.76. The Labute approximate surface area is 207 Å². The maximum atomic E-state index is 13.8. The van der Waals surface area contributed by atoms with Crippen molar-refractivity contribution in [2.24, 2.45) is 0 Å². The lowest BCUT2D eigenvalue weighted by atomic mass is 9.96. The van der Waals surface area contributed by atoms with Gasteiger partial charge in [-0.2, -0.15) is 0 Å². The lowest BCUT2D eigenvalue weighted by Crippen LogP contribution is -2.48. The summed E-state index contributed by atoms with van der Waals surface area (Å²) < 4.78 is 0. The van der Waals surface area contributed by atoms with E-state index >= 15 is 0 Å². The summed E-state index contributed by atoms with van der Waals surface area (Å²) in [5.74, 6) is 0.105. The number of amides is 1. The highest BCUT2D eigenvalue weighted by molar-refractivity contribution is 6.09. The molecule has 1 aliphatic heterocycles. The van der Waals surface area contributed by atoms with Crippen LogP contribution in [0.5, 0.6) is 0 Å². The molecule has 176 valence electrons. The number of hydrogen-bond donors (Lipinski definition) is 0. The third kappa shape index (κ3) is 5.03. The molecule has 5 rings (SSSR count). The minimum Gasteiger partial charge on any atom is -0.336 e. The molecule has 35 heavy (non-hydrogen) atoms. The third-order valence-corrected chi connectivity index (χ3v) is 6.81. The van der Waals surface area contributed by atoms with Crippen LogP contribution in [0.15, 0.2) is 84.9 Å². The van der Waals surface area contributed by atoms with E-state index in [0.717, 1.165) is 66.0 Å². The van der Waals surface area contributed by atoms with Gasteiger partial charge in [0.25, 0.3) is 5.91 Å². The standard InChI is InChI=1S/C31H31N3O/c1-23-14-16-26(17-15-23)30-24(2)29(27-12-6-7-13-28(27)32-30)31(35)34-21-19-33(20-22-34)18-8-11-25-9-4-3-5-10-25/h3-17H,18-22H2,1-2H3/b11-8+. The maximum Gasteiger partial charge on any atom is 0.254 e. The molecule has 0 atom stereocenters. The number of hydrogen-bond acceptors (Lipinski definition) is 3. The zero-order valence-corrected chi connectivity index (χ0v) is 20.4. The summed E-state index contributed by atoms with van der Waals surface area (Å²) in [7, 11) is 0. The molecule has 2 heterocycles. The van der Waals surface area contributed by atoms with Crippen LogP contribution in [-0.2, 0) is 0 Å². The molecule has 0 radical (unpaired) electrons. The summed E-state index contributed by atoms with van der Waals surface area (Å²) in [5, 5.41) is 0.930. The second kappa shape index (κ2) is 10.2. The van der Waals surface area contributed by atoms with Crippen LogP contribution in [0.2, 0.25) is 0 Å². The number of rotatable bonds is 5. The first kappa shape index (κ1) is 23.0. The largest absolute Gasteiger partial charge is 0.336 e. The summed E-state index contributed by atoms with van der Waals surface area (Å²) in [6.07, 6.45) is 4.37. The monoisotopic (exact) mass is 461 g/mol. The van der Waals surface area contributed by atoms with Gasteiger partial charge >= 0.3 is 0 Å². The van der Waals surface area contributed by atoms with Gasteiger partial charge in [0, 0.05) is 43.7 Å². The van der Waals surface area contributed by atoms with E-state index in [1.54, 1.807) is 0 Å². The number of nitrogens with zero attached hydrogens (tertiary/aromatic N) is 3. The highest BCUT2D eigenvalue weighted by atomic mass is 16.2. The zero-order valence-electron chi connectivity index (χ0n) is 20.4. The predicted octanol–water partition coefficient (Wildman–Crippen LogP) is 5.99. The van der Waals surface area contributed by atoms with Gasteiger partial charge in [0.15, 0.2) is 0 Å². The molecule has 0 N–H and O–H groups in total. The Morgan fingerprint density at radius 2 is 1.54 bits per heavy atom. The Morgan fingerprint density at radius 1 is 0.857 bits per heavy atom. The number of carbonyl (C=O) groups excluding carboxylic acids is 1. The van der Waals surface area contributed by atoms with E-state index in [4.69, 9.17) is 4.98 Å². The van der Waals surface area contributed by atoms with Crippen molar-refractivity contribution >= 4 is 22.9 Å². The molecule has 1 saturated heterocycles. The molecule has 0 unspecified atom stereocenters. The van der Waals surface area contributed by atoms with E-state index < -0.39 is 0 Å². The molecule has 4 heteroatoms. The lowest BCUT2D eigenvalue weighted by molar-refractivity contribution is 0.0651. The number of piperazine rings is 1. The van der Waals surface area contributed by atoms with Gasteiger partial charge in [-0.05, 0) is 31.0 Å². The van der Waals surface area contributed by atoms with Crippen LogP contribution >= 0.6 is 0 Å². The number of aryl methyl sites for hydroxylation is 1. The van der Waals surface area contributed by atoms with Crippen LogP contribution in [0.25, 0.3) is 28.2 Å². The van der Waals surface area contributed by atoms with Crippen LogP contribution in [0, 0.1) is 13.8 Å². The van der Waals surface area contributed by atoms with Gasteiger partial charge in [0.05, 0.1) is 16.8 Å². The van der Waals surface area contributed by atoms with Crippen LogP contribution < -0.4 is 0 Å². The molecule has 0 bridgehead atoms. The first-order valence-electron chi connectivity index (χ1n) is 12.3. The molecule has 1 aromatic heterocycles. The van der Waals surface area contributed by atoms with E-state index in [1.165, 1.54) is 11.1 Å². The molecule has 4 nitrogen and oxygen atoms in total. The molecule has 0 spiro atoms. The summed E-state index contributed by atoms with van der Waals surface area (Å²) in [4.78, 5) is 23.2. The molecule has 1 fully saturated rings. The average Bonchev–Trinajstić information content (AvgIpc) is 2.90. The second-order valence-electron chi connectivity index (χ2n) is 9.25. The fourth-order valence-electron chi connectivity index (χ4n) is 4.77. The van der Waals surface area contributed by atoms with Crippen LogP contribution in [0.4, 0.5) is 0 Å². The van der Waals surface area contributed by atoms with Crippen molar-refractivity contribution in [3.05, 3.63) is 107 Å². The van der Waals surface area contributed by atoms with E-state index in [0.29, 0.717) is 0 Å². The second-order valence-corrected chi connectivity index (χ2v) is 9.25. The van der Waals surface area contributed by atoms with Crippen molar-refractivity contribution in [3.8, 4) is 11.3 Å². The van der Waals surface area contributed by atoms with E-state index in [9.17, 15) is 4.79 Å². The van der Waals surface area contributed by atoms with Gasteiger partial charge in [-0.25, -0.2) is 4.98 Å². The van der Waals surface area contributed by atoms with Crippen molar-refractivity contribution in [2.75, 3.05) is 32.7 Å². The van der Waals surface area contributed by atoms with E-state index in [2.05, 4.69) is 72.5 Å². The van der Waals surface area contributed by atoms with Gasteiger partial charge in [0.2, 0.25) is 0 Å². The minimum atomic E-state index is 0.105. The molecule has 4 aromatic rings. The number of fused-ring (bicyclic) bond motifs is 1. The number of para-hydroxylation sites is 1. The maximum absolute atomic E-state index is 13.8. The van der Waals surface area contributed by atoms with Gasteiger partial charge in [-0.3, -0.25) is 9.69 Å². The van der Waals surface area contributed by atoms with Crippen LogP contribution in [0.1, 0.15) is 27.0 Å². The van der Waals surface area contributed by atoms with Crippen LogP contribution in [0.3, 0.4) is 0 Å². The average molecular weight is 462 g/mol. The first-order chi connectivity index (χ1) is 17.1. The van der Waals surface area contributed by atoms with Crippen LogP contribution in [-0.4, -0.2) is 53.4 Å². The van der Waals surface area contributed by atoms with Crippen molar-refractivity contribution in [1.82, 2.24) is 14.8 Å². The summed E-state index contributed by atoms with van der Waals surface area (Å²) in [6.45, 7) is 8.21. The number of carbonyl (C=O) groups is 1. The highest BCUT2D eigenvalue weighted by Crippen LogP contribution is 2.31. The fraction of sp³-hybridized carbons (Fsp3) is 0.226. The molecule has 0 aliphatic carbocycles. The minimum absolute atomic E-state index is 0.105. The fourth-order valence-corrected chi connectivity index (χ4v) is 4.77. The van der Waals surface area contributed by atoms with Gasteiger partial charge < -0.3 is 4.90 Å². The third-order valence-electron chi connectivity index (χ3n) is 6.81. The van der Waals surface area contributed by atoms with Crippen molar-refractivity contribution < 1.29 is 4.79 Å². The van der Waals surface area contributed by atoms with Crippen molar-refractivity contribution in [1.29, 1.82) is 0 Å². The van der Waals surface area contributed by atoms with Gasteiger partial charge in [0.1, 0.15) is 0 Å². The molecule has 1 aliphatic rings. The highest BCUT2D eigenvalue weighted by Gasteiger charge is 2.26. The number of pyridine rings is 1. The summed E-state index contributed by atoms with van der Waals surface area (Å²) >= 11 is 0. The topological polar surface area (TPSA) is 36.4 Å². The predicted molar refractivity (Wildman–Crippen MR) is 144 cm³/mol. The quantitative estimate of drug-likeness (QED) is 0.366. The molecule has 1 amide bonds. The Bertz CT molecular complexity index is 1350. The number of benzene rings is 3. The summed E-state index contributed by atoms with van der Waals surface area (Å²) in [6, 6.07) is 26.7. The van der Waals surface area contributed by atoms with Crippen molar-refractivity contribution in [2.45, 2.75) is 13.8 Å². The zero-order chi connectivity index (χ0) is 24.2. The Kier molecular flexibility index (Phi) is 6.73. The van der Waals surface area contributed by atoms with Crippen molar-refractivity contribution in [3.63, 3.8) is 0 Å². The molecule has 0 saturated carbocycles. The number of aromatic nitrogens is 1. The van der Waals surface area contributed by atoms with E-state index in [-0.39, 0.29) is 5.91 Å². The molecular weight excluding hydrogens is 430 g/mol. The summed E-state index contributed by atoms with van der Waals surface area (Å²) in [5.41, 5.74) is 6.95. The first-order valence-corrected chi connectivity index (χ1v) is 12.3. The van der Waals surface area contributed by atoms with Gasteiger partial charge in [-0.15, -0.1) is 0 Å². The lowest BCUT2D eigenvalue weighted by Gasteiger charge is -2.34. The van der Waals surface area contributed by atoms with E-state index in [1.807, 2.05) is 42.2 Å². The molecular formula is C31H31N3O. The smallest absolute Gasteiger partial charge is 0.254 e.